The van der Waals surface area contributed by atoms with Gasteiger partial charge < -0.3 is 5.32 Å². The summed E-state index contributed by atoms with van der Waals surface area (Å²) in [6.07, 6.45) is 4.52. The van der Waals surface area contributed by atoms with Gasteiger partial charge in [0.25, 0.3) is 0 Å². The van der Waals surface area contributed by atoms with E-state index in [4.69, 9.17) is 0 Å². The number of anilines is 1. The Hall–Kier alpha value is -1.15. The molecule has 1 nitrogen and oxygen atoms in total. The highest BCUT2D eigenvalue weighted by molar-refractivity contribution is 8.35. The molecule has 0 aromatic heterocycles. The molecule has 0 atom stereocenters. The number of nitrogens with one attached hydrogen (secondary N) is 1. The maximum atomic E-state index is 3.91. The summed E-state index contributed by atoms with van der Waals surface area (Å²) in [4.78, 5) is 1.39. The third kappa shape index (κ3) is 5.97. The van der Waals surface area contributed by atoms with Crippen LogP contribution in [0.5, 0.6) is 0 Å². The lowest BCUT2D eigenvalue weighted by Crippen LogP contribution is -1.95. The van der Waals surface area contributed by atoms with Gasteiger partial charge in [-0.2, -0.15) is 0 Å². The zero-order valence-electron chi connectivity index (χ0n) is 12.8. The molecular formula is C16H29NS. The molecular weight excluding hydrogens is 238 g/mol. The van der Waals surface area contributed by atoms with Gasteiger partial charge in [0, 0.05) is 12.7 Å². The van der Waals surface area contributed by atoms with Crippen molar-refractivity contribution in [1.29, 1.82) is 0 Å². The second-order valence-electron chi connectivity index (χ2n) is 3.86. The largest absolute Gasteiger partial charge is 0.388 e. The van der Waals surface area contributed by atoms with Crippen LogP contribution in [0, 0.1) is 6.92 Å². The maximum Gasteiger partial charge on any atom is 0.0351 e. The molecule has 0 unspecified atom stereocenters. The minimum absolute atomic E-state index is 0.829. The molecule has 0 aliphatic heterocycles. The van der Waals surface area contributed by atoms with Crippen molar-refractivity contribution in [2.24, 2.45) is 0 Å². The van der Waals surface area contributed by atoms with Crippen molar-refractivity contribution in [3.63, 3.8) is 0 Å². The quantitative estimate of drug-likeness (QED) is 0.720. The summed E-state index contributed by atoms with van der Waals surface area (Å²) in [6, 6.07) is 6.62. The van der Waals surface area contributed by atoms with Crippen LogP contribution in [0.15, 0.2) is 48.2 Å². The normalized spacial score (nSPS) is 10.1. The Kier molecular flexibility index (Phi) is 10.5. The zero-order chi connectivity index (χ0) is 14.8. The summed E-state index contributed by atoms with van der Waals surface area (Å²) in [7, 11) is 1.12. The number of aryl methyl sites for hydroxylation is 1. The molecule has 18 heavy (non-hydrogen) atoms. The van der Waals surface area contributed by atoms with Crippen molar-refractivity contribution in [2.75, 3.05) is 24.9 Å². The Balaban J connectivity index is 0. The first-order valence-corrected chi connectivity index (χ1v) is 8.66. The van der Waals surface area contributed by atoms with Crippen molar-refractivity contribution < 1.29 is 0 Å². The van der Waals surface area contributed by atoms with Crippen molar-refractivity contribution in [3.8, 4) is 0 Å². The standard InChI is InChI=1S/C12H19NS.C2H6.C2H4/c1-6-14(4,5)12-8-10(2)7-11(9-12)13-3;2*1-2/h6-9,13H,1H2,2-5H3;1-2H3;1-2H2. The van der Waals surface area contributed by atoms with Gasteiger partial charge in [0.05, 0.1) is 0 Å². The number of benzene rings is 1. The van der Waals surface area contributed by atoms with E-state index < -0.39 is 10.0 Å². The lowest BCUT2D eigenvalue weighted by molar-refractivity contribution is 1.33. The summed E-state index contributed by atoms with van der Waals surface area (Å²) in [6.45, 7) is 16.0. The van der Waals surface area contributed by atoms with Gasteiger partial charge in [0.2, 0.25) is 0 Å². The second kappa shape index (κ2) is 9.84. The predicted octanol–water partition coefficient (Wildman–Crippen LogP) is 5.43. The molecule has 0 saturated heterocycles. The van der Waals surface area contributed by atoms with E-state index in [1.807, 2.05) is 20.9 Å². The number of rotatable bonds is 3. The van der Waals surface area contributed by atoms with Crippen molar-refractivity contribution in [1.82, 2.24) is 0 Å². The molecule has 0 saturated carbocycles. The summed E-state index contributed by atoms with van der Waals surface area (Å²) in [5.41, 5.74) is 2.48. The molecule has 1 N–H and O–H groups in total. The summed E-state index contributed by atoms with van der Waals surface area (Å²) >= 11 is 0. The van der Waals surface area contributed by atoms with E-state index in [2.05, 4.69) is 68.1 Å². The van der Waals surface area contributed by atoms with Crippen LogP contribution < -0.4 is 5.32 Å². The van der Waals surface area contributed by atoms with Crippen molar-refractivity contribution >= 4 is 15.7 Å². The predicted molar refractivity (Wildman–Crippen MR) is 91.2 cm³/mol. The molecule has 1 aromatic rings. The van der Waals surface area contributed by atoms with Crippen molar-refractivity contribution in [2.45, 2.75) is 25.7 Å². The van der Waals surface area contributed by atoms with Crippen LogP contribution in [0.1, 0.15) is 19.4 Å². The van der Waals surface area contributed by atoms with Crippen LogP contribution in [0.2, 0.25) is 0 Å². The van der Waals surface area contributed by atoms with E-state index in [1.165, 1.54) is 16.1 Å². The van der Waals surface area contributed by atoms with E-state index >= 15 is 0 Å². The lowest BCUT2D eigenvalue weighted by Gasteiger charge is -2.28. The first-order chi connectivity index (χ1) is 8.49. The SMILES string of the molecule is C=C.C=CS(C)(C)c1cc(C)cc(NC)c1.CC. The van der Waals surface area contributed by atoms with Crippen LogP contribution >= 0.6 is 10.0 Å². The molecule has 0 amide bonds. The molecule has 0 bridgehead atoms. The summed E-state index contributed by atoms with van der Waals surface area (Å²) in [5, 5.41) is 5.25. The highest BCUT2D eigenvalue weighted by Crippen LogP contribution is 2.50. The van der Waals surface area contributed by atoms with Crippen LogP contribution in [-0.4, -0.2) is 19.6 Å². The minimum Gasteiger partial charge on any atom is -0.388 e. The molecule has 0 spiro atoms. The van der Waals surface area contributed by atoms with E-state index in [0.29, 0.717) is 0 Å². The Bertz CT molecular complexity index is 356. The first-order valence-electron chi connectivity index (χ1n) is 6.15. The molecule has 0 heterocycles. The van der Waals surface area contributed by atoms with Gasteiger partial charge >= 0.3 is 0 Å². The Labute approximate surface area is 115 Å². The molecule has 0 aliphatic carbocycles. The van der Waals surface area contributed by atoms with E-state index in [9.17, 15) is 0 Å². The second-order valence-corrected chi connectivity index (χ2v) is 7.47. The molecule has 1 rings (SSSR count). The van der Waals surface area contributed by atoms with Gasteiger partial charge in [0.15, 0.2) is 0 Å². The number of hydrogen-bond donors (Lipinski definition) is 1. The van der Waals surface area contributed by atoms with Gasteiger partial charge in [-0.1, -0.05) is 25.8 Å². The molecule has 0 aliphatic rings. The number of hydrogen-bond acceptors (Lipinski definition) is 1. The third-order valence-corrected chi connectivity index (χ3v) is 4.65. The molecule has 1 aromatic carbocycles. The maximum absolute atomic E-state index is 3.91. The third-order valence-electron chi connectivity index (χ3n) is 2.36. The van der Waals surface area contributed by atoms with Crippen LogP contribution in [-0.2, 0) is 0 Å². The molecule has 0 radical (unpaired) electrons. The van der Waals surface area contributed by atoms with Crippen LogP contribution in [0.4, 0.5) is 5.69 Å². The highest BCUT2D eigenvalue weighted by Gasteiger charge is 2.11. The van der Waals surface area contributed by atoms with Crippen molar-refractivity contribution in [3.05, 3.63) is 48.9 Å². The Morgan fingerprint density at radius 3 is 2.00 bits per heavy atom. The minimum atomic E-state index is -0.829. The van der Waals surface area contributed by atoms with E-state index in [-0.39, 0.29) is 0 Å². The molecule has 0 fully saturated rings. The topological polar surface area (TPSA) is 12.0 Å². The van der Waals surface area contributed by atoms with Gasteiger partial charge in [-0.15, -0.1) is 13.2 Å². The molecule has 104 valence electrons. The smallest absolute Gasteiger partial charge is 0.0351 e. The summed E-state index contributed by atoms with van der Waals surface area (Å²) < 4.78 is 0. The monoisotopic (exact) mass is 267 g/mol. The van der Waals surface area contributed by atoms with Gasteiger partial charge in [-0.25, -0.2) is 10.0 Å². The van der Waals surface area contributed by atoms with Gasteiger partial charge in [-0.3, -0.25) is 0 Å². The van der Waals surface area contributed by atoms with Crippen LogP contribution in [0.3, 0.4) is 0 Å². The zero-order valence-corrected chi connectivity index (χ0v) is 13.7. The van der Waals surface area contributed by atoms with Gasteiger partial charge in [-0.05, 0) is 48.1 Å². The van der Waals surface area contributed by atoms with Crippen LogP contribution in [0.25, 0.3) is 0 Å². The highest BCUT2D eigenvalue weighted by atomic mass is 32.3. The summed E-state index contributed by atoms with van der Waals surface area (Å²) in [5.74, 6) is 0. The fourth-order valence-corrected chi connectivity index (χ4v) is 2.41. The van der Waals surface area contributed by atoms with Gasteiger partial charge in [0.1, 0.15) is 0 Å². The first kappa shape index (κ1) is 19.2. The van der Waals surface area contributed by atoms with E-state index in [1.54, 1.807) is 0 Å². The Morgan fingerprint density at radius 1 is 1.11 bits per heavy atom. The Morgan fingerprint density at radius 2 is 1.61 bits per heavy atom. The average molecular weight is 267 g/mol. The lowest BCUT2D eigenvalue weighted by atomic mass is 10.2. The van der Waals surface area contributed by atoms with E-state index in [0.717, 1.165) is 0 Å². The fourth-order valence-electron chi connectivity index (χ4n) is 1.29. The molecule has 2 heteroatoms. The average Bonchev–Trinajstić information content (AvgIpc) is 2.42. The fraction of sp³-hybridized carbons (Fsp3) is 0.375.